The van der Waals surface area contributed by atoms with E-state index in [-0.39, 0.29) is 29.3 Å². The maximum absolute atomic E-state index is 11.6. The number of hydrogen-bond donors (Lipinski definition) is 3. The van der Waals surface area contributed by atoms with Gasteiger partial charge in [0.05, 0.1) is 10.6 Å². The number of carbonyl (C=O) groups is 2. The molecule has 1 aromatic carbocycles. The molecule has 1 rings (SSSR count). The third kappa shape index (κ3) is 3.45. The molecular formula is C12H16ClN3O2. The third-order valence-corrected chi connectivity index (χ3v) is 2.82. The molecule has 0 saturated carbocycles. The fraction of sp³-hybridized carbons (Fsp3) is 0.333. The summed E-state index contributed by atoms with van der Waals surface area (Å²) in [6.45, 7) is 2.01. The molecule has 1 atom stereocenters. The van der Waals surface area contributed by atoms with E-state index in [1.54, 1.807) is 19.1 Å². The first kappa shape index (κ1) is 14.5. The number of carbonyl (C=O) groups excluding carboxylic acids is 2. The second-order valence-corrected chi connectivity index (χ2v) is 4.31. The van der Waals surface area contributed by atoms with Crippen LogP contribution in [0.3, 0.4) is 0 Å². The Bertz CT molecular complexity index is 463. The van der Waals surface area contributed by atoms with Crippen LogP contribution in [0.1, 0.15) is 17.3 Å². The highest BCUT2D eigenvalue weighted by atomic mass is 35.5. The molecule has 2 amide bonds. The van der Waals surface area contributed by atoms with Crippen LogP contribution in [-0.2, 0) is 4.79 Å². The van der Waals surface area contributed by atoms with Crippen LogP contribution < -0.4 is 16.4 Å². The first-order valence-electron chi connectivity index (χ1n) is 5.52. The second kappa shape index (κ2) is 6.37. The maximum Gasteiger partial charge on any atom is 0.252 e. The van der Waals surface area contributed by atoms with Gasteiger partial charge in [0.25, 0.3) is 5.91 Å². The fourth-order valence-corrected chi connectivity index (χ4v) is 1.55. The van der Waals surface area contributed by atoms with Crippen LogP contribution in [0.25, 0.3) is 0 Å². The largest absolute Gasteiger partial charge is 0.355 e. The topological polar surface area (TPSA) is 84.2 Å². The van der Waals surface area contributed by atoms with Gasteiger partial charge in [0.15, 0.2) is 0 Å². The van der Waals surface area contributed by atoms with Crippen molar-refractivity contribution in [1.29, 1.82) is 0 Å². The Balaban J connectivity index is 2.85. The van der Waals surface area contributed by atoms with Gasteiger partial charge in [0.1, 0.15) is 0 Å². The van der Waals surface area contributed by atoms with Gasteiger partial charge in [0, 0.05) is 25.2 Å². The number of nitrogens with two attached hydrogens (primary N) is 1. The molecular weight excluding hydrogens is 254 g/mol. The van der Waals surface area contributed by atoms with Crippen molar-refractivity contribution in [2.24, 2.45) is 11.7 Å². The van der Waals surface area contributed by atoms with Crippen LogP contribution >= 0.6 is 11.6 Å². The Morgan fingerprint density at radius 1 is 1.44 bits per heavy atom. The molecule has 0 aliphatic rings. The molecule has 98 valence electrons. The zero-order chi connectivity index (χ0) is 13.7. The number of rotatable bonds is 4. The standard InChI is InChI=1S/C12H16ClN3O2/c1-7(6-14)11(17)16-8-3-4-9(10(13)5-8)12(18)15-2/h3-5,7H,6,14H2,1-2H3,(H,15,18)(H,16,17). The van der Waals surface area contributed by atoms with Crippen LogP contribution in [0.2, 0.25) is 5.02 Å². The monoisotopic (exact) mass is 269 g/mol. The molecule has 0 aliphatic carbocycles. The summed E-state index contributed by atoms with van der Waals surface area (Å²) < 4.78 is 0. The van der Waals surface area contributed by atoms with Gasteiger partial charge in [-0.05, 0) is 18.2 Å². The van der Waals surface area contributed by atoms with Gasteiger partial charge in [-0.2, -0.15) is 0 Å². The number of halogens is 1. The van der Waals surface area contributed by atoms with E-state index in [1.165, 1.54) is 13.1 Å². The molecule has 0 radical (unpaired) electrons. The van der Waals surface area contributed by atoms with E-state index in [9.17, 15) is 9.59 Å². The van der Waals surface area contributed by atoms with Crippen molar-refractivity contribution >= 4 is 29.1 Å². The SMILES string of the molecule is CNC(=O)c1ccc(NC(=O)C(C)CN)cc1Cl. The number of nitrogens with one attached hydrogen (secondary N) is 2. The van der Waals surface area contributed by atoms with E-state index in [4.69, 9.17) is 17.3 Å². The van der Waals surface area contributed by atoms with Gasteiger partial charge in [-0.15, -0.1) is 0 Å². The van der Waals surface area contributed by atoms with Gasteiger partial charge >= 0.3 is 0 Å². The van der Waals surface area contributed by atoms with Crippen molar-refractivity contribution in [2.75, 3.05) is 18.9 Å². The van der Waals surface area contributed by atoms with Crippen LogP contribution in [0.5, 0.6) is 0 Å². The van der Waals surface area contributed by atoms with Crippen LogP contribution in [-0.4, -0.2) is 25.4 Å². The van der Waals surface area contributed by atoms with E-state index in [2.05, 4.69) is 10.6 Å². The molecule has 1 unspecified atom stereocenters. The fourth-order valence-electron chi connectivity index (χ4n) is 1.28. The zero-order valence-electron chi connectivity index (χ0n) is 10.3. The molecule has 0 aromatic heterocycles. The Labute approximate surface area is 111 Å². The summed E-state index contributed by atoms with van der Waals surface area (Å²) in [5.41, 5.74) is 6.30. The molecule has 6 heteroatoms. The van der Waals surface area contributed by atoms with Crippen molar-refractivity contribution in [3.8, 4) is 0 Å². The van der Waals surface area contributed by atoms with E-state index in [0.717, 1.165) is 0 Å². The Kier molecular flexibility index (Phi) is 5.12. The maximum atomic E-state index is 11.6. The highest BCUT2D eigenvalue weighted by Crippen LogP contribution is 2.21. The summed E-state index contributed by atoms with van der Waals surface area (Å²) in [7, 11) is 1.53. The Morgan fingerprint density at radius 2 is 2.11 bits per heavy atom. The van der Waals surface area contributed by atoms with Crippen LogP contribution in [0.15, 0.2) is 18.2 Å². The first-order valence-corrected chi connectivity index (χ1v) is 5.90. The molecule has 0 fully saturated rings. The Hall–Kier alpha value is -1.59. The quantitative estimate of drug-likeness (QED) is 0.769. The van der Waals surface area contributed by atoms with E-state index in [1.807, 2.05) is 0 Å². The van der Waals surface area contributed by atoms with Gasteiger partial charge < -0.3 is 16.4 Å². The van der Waals surface area contributed by atoms with Crippen molar-refractivity contribution in [3.05, 3.63) is 28.8 Å². The lowest BCUT2D eigenvalue weighted by molar-refractivity contribution is -0.119. The number of benzene rings is 1. The summed E-state index contributed by atoms with van der Waals surface area (Å²) in [5, 5.41) is 5.45. The summed E-state index contributed by atoms with van der Waals surface area (Å²) >= 11 is 5.96. The highest BCUT2D eigenvalue weighted by molar-refractivity contribution is 6.34. The minimum Gasteiger partial charge on any atom is -0.355 e. The summed E-state index contributed by atoms with van der Waals surface area (Å²) in [4.78, 5) is 23.0. The van der Waals surface area contributed by atoms with Gasteiger partial charge in [-0.3, -0.25) is 9.59 Å². The molecule has 0 saturated heterocycles. The smallest absolute Gasteiger partial charge is 0.252 e. The highest BCUT2D eigenvalue weighted by Gasteiger charge is 2.13. The molecule has 18 heavy (non-hydrogen) atoms. The first-order chi connectivity index (χ1) is 8.49. The molecule has 5 nitrogen and oxygen atoms in total. The molecule has 0 bridgehead atoms. The van der Waals surface area contributed by atoms with Crippen molar-refractivity contribution < 1.29 is 9.59 Å². The number of anilines is 1. The zero-order valence-corrected chi connectivity index (χ0v) is 11.0. The minimum absolute atomic E-state index is 0.179. The number of hydrogen-bond acceptors (Lipinski definition) is 3. The summed E-state index contributed by atoms with van der Waals surface area (Å²) in [6.07, 6.45) is 0. The Morgan fingerprint density at radius 3 is 2.61 bits per heavy atom. The van der Waals surface area contributed by atoms with Crippen molar-refractivity contribution in [1.82, 2.24) is 5.32 Å². The summed E-state index contributed by atoms with van der Waals surface area (Å²) in [5.74, 6) is -0.725. The van der Waals surface area contributed by atoms with E-state index >= 15 is 0 Å². The van der Waals surface area contributed by atoms with Crippen molar-refractivity contribution in [2.45, 2.75) is 6.92 Å². The van der Waals surface area contributed by atoms with Crippen molar-refractivity contribution in [3.63, 3.8) is 0 Å². The molecule has 0 heterocycles. The lowest BCUT2D eigenvalue weighted by Gasteiger charge is -2.11. The predicted octanol–water partition coefficient (Wildman–Crippen LogP) is 1.23. The van der Waals surface area contributed by atoms with Crippen LogP contribution in [0, 0.1) is 5.92 Å². The average Bonchev–Trinajstić information content (AvgIpc) is 2.37. The van der Waals surface area contributed by atoms with E-state index < -0.39 is 0 Å². The molecule has 4 N–H and O–H groups in total. The third-order valence-electron chi connectivity index (χ3n) is 2.51. The van der Waals surface area contributed by atoms with Crippen LogP contribution in [0.4, 0.5) is 5.69 Å². The lowest BCUT2D eigenvalue weighted by atomic mass is 10.1. The molecule has 0 aliphatic heterocycles. The minimum atomic E-state index is -0.276. The van der Waals surface area contributed by atoms with Gasteiger partial charge in [-0.1, -0.05) is 18.5 Å². The summed E-state index contributed by atoms with van der Waals surface area (Å²) in [6, 6.07) is 4.72. The average molecular weight is 270 g/mol. The molecule has 1 aromatic rings. The lowest BCUT2D eigenvalue weighted by Crippen LogP contribution is -2.26. The van der Waals surface area contributed by atoms with E-state index in [0.29, 0.717) is 11.3 Å². The predicted molar refractivity (Wildman–Crippen MR) is 71.7 cm³/mol. The van der Waals surface area contributed by atoms with Gasteiger partial charge in [0.2, 0.25) is 5.91 Å². The normalized spacial score (nSPS) is 11.8. The molecule has 0 spiro atoms. The second-order valence-electron chi connectivity index (χ2n) is 3.90. The number of amides is 2. The van der Waals surface area contributed by atoms with Gasteiger partial charge in [-0.25, -0.2) is 0 Å².